The summed E-state index contributed by atoms with van der Waals surface area (Å²) >= 11 is 1.35. The van der Waals surface area contributed by atoms with Crippen LogP contribution in [0.1, 0.15) is 18.7 Å². The summed E-state index contributed by atoms with van der Waals surface area (Å²) in [6.07, 6.45) is 1.30. The number of benzene rings is 2. The number of thioether (sulfide) groups is 1. The Morgan fingerprint density at radius 1 is 1.17 bits per heavy atom. The van der Waals surface area contributed by atoms with Gasteiger partial charge in [0.15, 0.2) is 0 Å². The lowest BCUT2D eigenvalue weighted by molar-refractivity contribution is -0.763. The summed E-state index contributed by atoms with van der Waals surface area (Å²) in [7, 11) is 3.95. The minimum absolute atomic E-state index is 0.120. The Bertz CT molecular complexity index is 1140. The Kier molecular flexibility index (Phi) is 4.87. The lowest BCUT2D eigenvalue weighted by Gasteiger charge is -2.31. The van der Waals surface area contributed by atoms with Crippen LogP contribution in [0.5, 0.6) is 0 Å². The van der Waals surface area contributed by atoms with Gasteiger partial charge in [0, 0.05) is 37.4 Å². The number of hydrogen-bond acceptors (Lipinski definition) is 5. The molecule has 1 aliphatic heterocycles. The number of carbonyl (C=O) groups excluding carboxylic acids is 1. The van der Waals surface area contributed by atoms with Gasteiger partial charge < -0.3 is 4.90 Å². The second kappa shape index (κ2) is 7.36. The van der Waals surface area contributed by atoms with E-state index in [0.29, 0.717) is 22.1 Å². The molecule has 3 aromatic rings. The van der Waals surface area contributed by atoms with Crippen molar-refractivity contribution in [3.05, 3.63) is 64.4 Å². The molecule has 8 heteroatoms. The molecule has 1 N–H and O–H groups in total. The Labute approximate surface area is 173 Å². The Hall–Kier alpha value is -3.13. The van der Waals surface area contributed by atoms with Crippen molar-refractivity contribution in [2.45, 2.75) is 18.2 Å². The predicted molar refractivity (Wildman–Crippen MR) is 114 cm³/mol. The number of aromatic amines is 1. The molecule has 29 heavy (non-hydrogen) atoms. The van der Waals surface area contributed by atoms with Gasteiger partial charge in [0.25, 0.3) is 6.17 Å². The van der Waals surface area contributed by atoms with Crippen LogP contribution < -0.4 is 20.0 Å². The summed E-state index contributed by atoms with van der Waals surface area (Å²) < 4.78 is 1.67. The Morgan fingerprint density at radius 3 is 2.48 bits per heavy atom. The number of carbonyl (C=O) groups is 1. The molecule has 0 bridgehead atoms. The summed E-state index contributed by atoms with van der Waals surface area (Å²) in [6, 6.07) is 15.4. The number of amides is 1. The highest BCUT2D eigenvalue weighted by Crippen LogP contribution is 2.37. The molecule has 0 saturated heterocycles. The number of fused-ring (bicyclic) bond motifs is 3. The van der Waals surface area contributed by atoms with Crippen molar-refractivity contribution in [1.29, 1.82) is 0 Å². The molecule has 4 rings (SSSR count). The molecule has 1 aromatic heterocycles. The quantitative estimate of drug-likeness (QED) is 0.532. The molecule has 0 spiro atoms. The van der Waals surface area contributed by atoms with Gasteiger partial charge in [-0.05, 0) is 47.3 Å². The second-order valence-corrected chi connectivity index (χ2v) is 7.82. The summed E-state index contributed by atoms with van der Waals surface area (Å²) in [5.74, 6) is -0.120. The number of nitrogens with zero attached hydrogens (tertiary/aromatic N) is 4. The van der Waals surface area contributed by atoms with Gasteiger partial charge in [-0.15, -0.1) is 0 Å². The van der Waals surface area contributed by atoms with Gasteiger partial charge in [-0.2, -0.15) is 0 Å². The maximum Gasteiger partial charge on any atom is 0.325 e. The zero-order valence-corrected chi connectivity index (χ0v) is 17.5. The van der Waals surface area contributed by atoms with Crippen LogP contribution in [-0.2, 0) is 4.79 Å². The normalized spacial score (nSPS) is 14.9. The fraction of sp³-hybridized carbons (Fsp3) is 0.238. The van der Waals surface area contributed by atoms with Gasteiger partial charge >= 0.3 is 11.3 Å². The van der Waals surface area contributed by atoms with Gasteiger partial charge in [-0.1, -0.05) is 23.9 Å². The monoisotopic (exact) mass is 408 g/mol. The van der Waals surface area contributed by atoms with Crippen molar-refractivity contribution in [2.75, 3.05) is 30.2 Å². The molecule has 1 aliphatic rings. The fourth-order valence-electron chi connectivity index (χ4n) is 3.65. The number of nitrogens with one attached hydrogen (secondary N) is 1. The van der Waals surface area contributed by atoms with E-state index in [1.807, 2.05) is 73.8 Å². The van der Waals surface area contributed by atoms with E-state index in [9.17, 15) is 9.59 Å². The topological polar surface area (TPSA) is 73.2 Å². The van der Waals surface area contributed by atoms with Crippen molar-refractivity contribution in [3.8, 4) is 11.3 Å². The van der Waals surface area contributed by atoms with Crippen LogP contribution in [0.25, 0.3) is 11.3 Å². The van der Waals surface area contributed by atoms with E-state index in [0.717, 1.165) is 11.3 Å². The average molecular weight is 409 g/mol. The molecule has 148 valence electrons. The summed E-state index contributed by atoms with van der Waals surface area (Å²) in [6.45, 7) is 1.53. The summed E-state index contributed by atoms with van der Waals surface area (Å²) in [4.78, 5) is 32.3. The van der Waals surface area contributed by atoms with E-state index in [2.05, 4.69) is 10.1 Å². The van der Waals surface area contributed by atoms with Gasteiger partial charge in [-0.3, -0.25) is 14.6 Å². The minimum atomic E-state index is -0.554. The van der Waals surface area contributed by atoms with Crippen LogP contribution in [0, 0.1) is 0 Å². The summed E-state index contributed by atoms with van der Waals surface area (Å²) in [5.41, 5.74) is 3.52. The van der Waals surface area contributed by atoms with Crippen molar-refractivity contribution >= 4 is 29.0 Å². The van der Waals surface area contributed by atoms with Gasteiger partial charge in [0.1, 0.15) is 0 Å². The third kappa shape index (κ3) is 3.19. The number of aromatic nitrogens is 3. The van der Waals surface area contributed by atoms with Crippen LogP contribution in [0.2, 0.25) is 0 Å². The first-order valence-corrected chi connectivity index (χ1v) is 10.4. The molecule has 0 saturated carbocycles. The van der Waals surface area contributed by atoms with Gasteiger partial charge in [-0.25, -0.2) is 4.90 Å². The molecular formula is C21H22N5O2S+. The number of para-hydroxylation sites is 1. The van der Waals surface area contributed by atoms with E-state index >= 15 is 0 Å². The van der Waals surface area contributed by atoms with Crippen LogP contribution in [0.4, 0.5) is 11.4 Å². The third-order valence-corrected chi connectivity index (χ3v) is 5.57. The van der Waals surface area contributed by atoms with Crippen LogP contribution in [0.15, 0.2) is 58.5 Å². The highest BCUT2D eigenvalue weighted by Gasteiger charge is 2.44. The fourth-order valence-corrected chi connectivity index (χ4v) is 4.01. The smallest absolute Gasteiger partial charge is 0.325 e. The molecule has 0 aliphatic carbocycles. The van der Waals surface area contributed by atoms with Crippen molar-refractivity contribution in [2.24, 2.45) is 0 Å². The minimum Gasteiger partial charge on any atom is -0.378 e. The molecule has 2 aromatic carbocycles. The Morgan fingerprint density at radius 2 is 1.86 bits per heavy atom. The maximum atomic E-state index is 13.0. The van der Waals surface area contributed by atoms with Crippen LogP contribution in [0.3, 0.4) is 0 Å². The zero-order valence-electron chi connectivity index (χ0n) is 16.7. The largest absolute Gasteiger partial charge is 0.378 e. The molecule has 1 atom stereocenters. The van der Waals surface area contributed by atoms with Gasteiger partial charge in [0.05, 0.1) is 11.3 Å². The average Bonchev–Trinajstić information content (AvgIpc) is 2.72. The summed E-state index contributed by atoms with van der Waals surface area (Å²) in [5, 5.41) is 5.16. The number of rotatable bonds is 3. The number of hydrogen-bond donors (Lipinski definition) is 1. The number of anilines is 2. The lowest BCUT2D eigenvalue weighted by Crippen LogP contribution is -2.60. The standard InChI is InChI=1S/C21H21N5O2S/c1-13(27)25-17-8-6-5-7-16(17)18-19(28)22-21(29-4)23-26(18)20(25)14-9-11-15(12-10-14)24(2)3/h5-12,20H,1-4H3/p+1/t20-/m1/s1. The number of H-pyrrole nitrogens is 1. The van der Waals surface area contributed by atoms with Crippen molar-refractivity contribution in [1.82, 2.24) is 10.1 Å². The molecule has 0 unspecified atom stereocenters. The van der Waals surface area contributed by atoms with Gasteiger partial charge in [0.2, 0.25) is 11.1 Å². The second-order valence-electron chi connectivity index (χ2n) is 7.02. The first-order chi connectivity index (χ1) is 13.9. The van der Waals surface area contributed by atoms with Crippen molar-refractivity contribution in [3.63, 3.8) is 0 Å². The third-order valence-electron chi connectivity index (χ3n) is 5.00. The van der Waals surface area contributed by atoms with Crippen LogP contribution in [-0.4, -0.2) is 36.3 Å². The Balaban J connectivity index is 2.02. The molecule has 1 amide bonds. The zero-order chi connectivity index (χ0) is 20.7. The van der Waals surface area contributed by atoms with E-state index < -0.39 is 6.17 Å². The first kappa shape index (κ1) is 19.2. The SMILES string of the molecule is CSc1n[n+]2c(c(=O)[nH]1)-c1ccccc1N(C(C)=O)[C@H]2c1ccc(N(C)C)cc1. The molecule has 0 fully saturated rings. The van der Waals surface area contributed by atoms with E-state index in [1.54, 1.807) is 9.58 Å². The van der Waals surface area contributed by atoms with E-state index in [4.69, 9.17) is 0 Å². The predicted octanol–water partition coefficient (Wildman–Crippen LogP) is 2.43. The first-order valence-electron chi connectivity index (χ1n) is 9.19. The maximum absolute atomic E-state index is 13.0. The highest BCUT2D eigenvalue weighted by molar-refractivity contribution is 7.98. The van der Waals surface area contributed by atoms with E-state index in [-0.39, 0.29) is 11.5 Å². The van der Waals surface area contributed by atoms with E-state index in [1.165, 1.54) is 18.7 Å². The molecule has 7 nitrogen and oxygen atoms in total. The van der Waals surface area contributed by atoms with Crippen molar-refractivity contribution < 1.29 is 9.48 Å². The molecule has 2 heterocycles. The molecular weight excluding hydrogens is 386 g/mol. The lowest BCUT2D eigenvalue weighted by atomic mass is 10.0. The van der Waals surface area contributed by atoms with Crippen LogP contribution >= 0.6 is 11.8 Å². The molecule has 0 radical (unpaired) electrons. The highest BCUT2D eigenvalue weighted by atomic mass is 32.2.